The Hall–Kier alpha value is -1.63. The molecule has 8 heteroatoms. The summed E-state index contributed by atoms with van der Waals surface area (Å²) in [7, 11) is 3.69. The van der Waals surface area contributed by atoms with Crippen molar-refractivity contribution in [1.82, 2.24) is 9.88 Å². The molecular weight excluding hydrogens is 381 g/mol. The van der Waals surface area contributed by atoms with Crippen LogP contribution in [-0.4, -0.2) is 48.6 Å². The maximum absolute atomic E-state index is 12.7. The van der Waals surface area contributed by atoms with Gasteiger partial charge >= 0.3 is 0 Å². The summed E-state index contributed by atoms with van der Waals surface area (Å²) in [6, 6.07) is 0. The van der Waals surface area contributed by atoms with Gasteiger partial charge in [-0.2, -0.15) is 0 Å². The van der Waals surface area contributed by atoms with Gasteiger partial charge in [-0.3, -0.25) is 9.59 Å². The number of halogens is 2. The molecular formula is C17H19Cl2N3O2S. The Morgan fingerprint density at radius 3 is 2.28 bits per heavy atom. The van der Waals surface area contributed by atoms with E-state index < -0.39 is 11.6 Å². The molecule has 0 amide bonds. The SMILES string of the molecule is CCN(/C=C/C1=C(Cl)C(=O)C(c2cnc(N(C)C)s2)=C(Cl)C1=O)CC. The Balaban J connectivity index is 2.41. The van der Waals surface area contributed by atoms with Crippen LogP contribution in [0.5, 0.6) is 0 Å². The van der Waals surface area contributed by atoms with E-state index in [1.807, 2.05) is 37.7 Å². The highest BCUT2D eigenvalue weighted by atomic mass is 35.5. The summed E-state index contributed by atoms with van der Waals surface area (Å²) in [6.07, 6.45) is 4.82. The largest absolute Gasteiger partial charge is 0.378 e. The molecule has 0 fully saturated rings. The van der Waals surface area contributed by atoms with Crippen LogP contribution >= 0.6 is 34.5 Å². The highest BCUT2D eigenvalue weighted by Gasteiger charge is 2.34. The molecule has 1 aliphatic rings. The first-order valence-corrected chi connectivity index (χ1v) is 9.33. The summed E-state index contributed by atoms with van der Waals surface area (Å²) in [6.45, 7) is 5.55. The quantitative estimate of drug-likeness (QED) is 0.683. The third kappa shape index (κ3) is 3.97. The van der Waals surface area contributed by atoms with E-state index in [4.69, 9.17) is 23.2 Å². The Labute approximate surface area is 161 Å². The van der Waals surface area contributed by atoms with Gasteiger partial charge < -0.3 is 9.80 Å². The van der Waals surface area contributed by atoms with Gasteiger partial charge in [0.2, 0.25) is 11.6 Å². The van der Waals surface area contributed by atoms with Crippen LogP contribution in [0.4, 0.5) is 5.13 Å². The van der Waals surface area contributed by atoms with Crippen LogP contribution in [0.15, 0.2) is 34.1 Å². The van der Waals surface area contributed by atoms with Gasteiger partial charge in [0.25, 0.3) is 0 Å². The first kappa shape index (κ1) is 19.7. The molecule has 0 unspecified atom stereocenters. The zero-order valence-electron chi connectivity index (χ0n) is 14.5. The van der Waals surface area contributed by atoms with Gasteiger partial charge in [0.1, 0.15) is 5.03 Å². The molecule has 0 radical (unpaired) electrons. The molecule has 5 nitrogen and oxygen atoms in total. The standard InChI is InChI=1S/C17H19Cl2N3O2S/c1-5-22(6-2)8-7-10-13(18)16(24)12(14(19)15(10)23)11-9-20-17(25-11)21(3)4/h7-9H,5-6H2,1-4H3/b8-7+. The van der Waals surface area contributed by atoms with E-state index in [1.165, 1.54) is 17.5 Å². The van der Waals surface area contributed by atoms with Crippen LogP contribution < -0.4 is 4.90 Å². The third-order valence-corrected chi connectivity index (χ3v) is 5.63. The number of hydrogen-bond donors (Lipinski definition) is 0. The Kier molecular flexibility index (Phi) is 6.43. The highest BCUT2D eigenvalue weighted by Crippen LogP contribution is 2.38. The Bertz CT molecular complexity index is 790. The second kappa shape index (κ2) is 8.17. The van der Waals surface area contributed by atoms with Gasteiger partial charge in [-0.1, -0.05) is 34.5 Å². The fourth-order valence-electron chi connectivity index (χ4n) is 2.23. The number of anilines is 1. The lowest BCUT2D eigenvalue weighted by Crippen LogP contribution is -2.20. The molecule has 1 heterocycles. The van der Waals surface area contributed by atoms with Crippen molar-refractivity contribution in [3.8, 4) is 0 Å². The summed E-state index contributed by atoms with van der Waals surface area (Å²) < 4.78 is 0. The van der Waals surface area contributed by atoms with Crippen molar-refractivity contribution in [1.29, 1.82) is 0 Å². The van der Waals surface area contributed by atoms with Gasteiger partial charge in [-0.05, 0) is 26.1 Å². The molecule has 1 aliphatic carbocycles. The number of aromatic nitrogens is 1. The average Bonchev–Trinajstić information content (AvgIpc) is 3.06. The van der Waals surface area contributed by atoms with Gasteiger partial charge in [0.15, 0.2) is 5.13 Å². The van der Waals surface area contributed by atoms with Crippen LogP contribution in [0.25, 0.3) is 5.57 Å². The number of hydrogen-bond acceptors (Lipinski definition) is 6. The number of carbonyl (C=O) groups excluding carboxylic acids is 2. The van der Waals surface area contributed by atoms with E-state index in [-0.39, 0.29) is 21.2 Å². The van der Waals surface area contributed by atoms with Crippen LogP contribution in [0.1, 0.15) is 18.7 Å². The maximum atomic E-state index is 12.7. The number of nitrogens with zero attached hydrogens (tertiary/aromatic N) is 3. The molecule has 0 saturated carbocycles. The molecule has 0 spiro atoms. The van der Waals surface area contributed by atoms with Crippen molar-refractivity contribution >= 4 is 56.8 Å². The minimum atomic E-state index is -0.459. The van der Waals surface area contributed by atoms with E-state index in [0.717, 1.165) is 13.1 Å². The molecule has 0 saturated heterocycles. The third-order valence-electron chi connectivity index (χ3n) is 3.71. The lowest BCUT2D eigenvalue weighted by atomic mass is 9.95. The monoisotopic (exact) mass is 399 g/mol. The smallest absolute Gasteiger partial charge is 0.208 e. The van der Waals surface area contributed by atoms with Crippen LogP contribution in [-0.2, 0) is 9.59 Å². The molecule has 0 bridgehead atoms. The predicted octanol–water partition coefficient (Wildman–Crippen LogP) is 3.66. The van der Waals surface area contributed by atoms with Crippen molar-refractivity contribution < 1.29 is 9.59 Å². The van der Waals surface area contributed by atoms with Crippen LogP contribution in [0.2, 0.25) is 0 Å². The molecule has 0 aromatic carbocycles. The Morgan fingerprint density at radius 2 is 1.76 bits per heavy atom. The summed E-state index contributed by atoms with van der Waals surface area (Å²) >= 11 is 13.7. The van der Waals surface area contributed by atoms with Gasteiger partial charge in [-0.25, -0.2) is 4.98 Å². The summed E-state index contributed by atoms with van der Waals surface area (Å²) in [5.74, 6) is -0.913. The van der Waals surface area contributed by atoms with E-state index in [9.17, 15) is 9.59 Å². The molecule has 0 N–H and O–H groups in total. The number of thiazole rings is 1. The van der Waals surface area contributed by atoms with Crippen molar-refractivity contribution in [3.05, 3.63) is 39.0 Å². The lowest BCUT2D eigenvalue weighted by molar-refractivity contribution is -0.114. The molecule has 134 valence electrons. The minimum absolute atomic E-state index is 0.113. The Morgan fingerprint density at radius 1 is 1.12 bits per heavy atom. The molecule has 1 aromatic heterocycles. The maximum Gasteiger partial charge on any atom is 0.208 e. The fourth-order valence-corrected chi connectivity index (χ4v) is 3.71. The topological polar surface area (TPSA) is 53.5 Å². The van der Waals surface area contributed by atoms with Gasteiger partial charge in [0, 0.05) is 39.0 Å². The number of rotatable bonds is 6. The molecule has 25 heavy (non-hydrogen) atoms. The van der Waals surface area contributed by atoms with Crippen LogP contribution in [0, 0.1) is 0 Å². The zero-order valence-corrected chi connectivity index (χ0v) is 16.8. The summed E-state index contributed by atoms with van der Waals surface area (Å²) in [4.78, 5) is 33.8. The summed E-state index contributed by atoms with van der Waals surface area (Å²) in [5.41, 5.74) is 0.229. The minimum Gasteiger partial charge on any atom is -0.378 e. The predicted molar refractivity (Wildman–Crippen MR) is 104 cm³/mol. The van der Waals surface area contributed by atoms with Crippen molar-refractivity contribution in [3.63, 3.8) is 0 Å². The van der Waals surface area contributed by atoms with Gasteiger partial charge in [0.05, 0.1) is 15.5 Å². The zero-order chi connectivity index (χ0) is 18.7. The van der Waals surface area contributed by atoms with Gasteiger partial charge in [-0.15, -0.1) is 0 Å². The molecule has 0 atom stereocenters. The molecule has 1 aromatic rings. The first-order valence-electron chi connectivity index (χ1n) is 7.76. The van der Waals surface area contributed by atoms with E-state index in [1.54, 1.807) is 12.3 Å². The van der Waals surface area contributed by atoms with Crippen molar-refractivity contribution in [2.24, 2.45) is 0 Å². The van der Waals surface area contributed by atoms with Crippen LogP contribution in [0.3, 0.4) is 0 Å². The van der Waals surface area contributed by atoms with E-state index >= 15 is 0 Å². The normalized spacial score (nSPS) is 15.6. The number of carbonyl (C=O) groups is 2. The molecule has 0 aliphatic heterocycles. The summed E-state index contributed by atoms with van der Waals surface area (Å²) in [5, 5.41) is 0.467. The number of ketones is 2. The second-order valence-corrected chi connectivity index (χ2v) is 7.28. The van der Waals surface area contributed by atoms with E-state index in [2.05, 4.69) is 4.98 Å². The second-order valence-electron chi connectivity index (χ2n) is 5.51. The molecule has 2 rings (SSSR count). The van der Waals surface area contributed by atoms with Crippen molar-refractivity contribution in [2.75, 3.05) is 32.1 Å². The highest BCUT2D eigenvalue weighted by molar-refractivity contribution is 7.17. The first-order chi connectivity index (χ1) is 11.8. The van der Waals surface area contributed by atoms with Crippen molar-refractivity contribution in [2.45, 2.75) is 13.8 Å². The number of allylic oxidation sites excluding steroid dienone is 5. The lowest BCUT2D eigenvalue weighted by Gasteiger charge is -2.18. The van der Waals surface area contributed by atoms with E-state index in [0.29, 0.717) is 10.0 Å². The average molecular weight is 400 g/mol. The fraction of sp³-hybridized carbons (Fsp3) is 0.353. The number of Topliss-reactive ketones (excluding diaryl/α,β-unsaturated/α-hetero) is 2.